The van der Waals surface area contributed by atoms with E-state index in [1.165, 1.54) is 0 Å². The van der Waals surface area contributed by atoms with Crippen molar-refractivity contribution >= 4 is 13.9 Å². The van der Waals surface area contributed by atoms with Gasteiger partial charge in [-0.25, -0.2) is 4.98 Å². The molecule has 0 bridgehead atoms. The Morgan fingerprint density at radius 2 is 2.47 bits per heavy atom. The van der Waals surface area contributed by atoms with E-state index in [1.807, 2.05) is 35.9 Å². The number of imidazole rings is 1. The van der Waals surface area contributed by atoms with Crippen LogP contribution in [0.1, 0.15) is 11.3 Å². The Balaban J connectivity index is 2.37. The summed E-state index contributed by atoms with van der Waals surface area (Å²) in [5.41, 5.74) is 2.45. The third kappa shape index (κ3) is 2.21. The van der Waals surface area contributed by atoms with Gasteiger partial charge >= 0.3 is 8.25 Å². The minimum atomic E-state index is -2.56. The van der Waals surface area contributed by atoms with Crippen LogP contribution in [0.3, 0.4) is 0 Å². The highest BCUT2D eigenvalue weighted by Gasteiger charge is 2.14. The van der Waals surface area contributed by atoms with Crippen LogP contribution in [0.15, 0.2) is 24.5 Å². The van der Waals surface area contributed by atoms with E-state index in [4.69, 9.17) is 4.89 Å². The smallest absolute Gasteiger partial charge is 0.307 e. The molecule has 1 unspecified atom stereocenters. The van der Waals surface area contributed by atoms with Crippen LogP contribution < -0.4 is 0 Å². The first-order chi connectivity index (χ1) is 7.16. The predicted octanol–water partition coefficient (Wildman–Crippen LogP) is 1.81. The molecule has 2 aromatic rings. The maximum Gasteiger partial charge on any atom is 0.695 e. The summed E-state index contributed by atoms with van der Waals surface area (Å²) in [5.74, 6) is 0. The third-order valence-electron chi connectivity index (χ3n) is 2.01. The minimum absolute atomic E-state index is 0.0898. The van der Waals surface area contributed by atoms with Crippen molar-refractivity contribution in [3.8, 4) is 0 Å². The van der Waals surface area contributed by atoms with Crippen LogP contribution in [0.5, 0.6) is 0 Å². The molecule has 6 heteroatoms. The zero-order valence-corrected chi connectivity index (χ0v) is 9.02. The lowest BCUT2D eigenvalue weighted by Gasteiger charge is -1.97. The molecule has 0 aliphatic carbocycles. The van der Waals surface area contributed by atoms with E-state index in [0.717, 1.165) is 16.9 Å². The van der Waals surface area contributed by atoms with Crippen LogP contribution in [-0.2, 0) is 15.7 Å². The Hall–Kier alpha value is -1.29. The summed E-state index contributed by atoms with van der Waals surface area (Å²) in [6.45, 7) is 1.98. The summed E-state index contributed by atoms with van der Waals surface area (Å²) in [6.07, 6.45) is 3.76. The molecule has 2 aromatic heterocycles. The van der Waals surface area contributed by atoms with E-state index in [1.54, 1.807) is 0 Å². The Kier molecular flexibility index (Phi) is 2.77. The van der Waals surface area contributed by atoms with Gasteiger partial charge in [0.2, 0.25) is 0 Å². The number of hydrogen-bond acceptors (Lipinski definition) is 3. The second-order valence-electron chi connectivity index (χ2n) is 3.16. The molecule has 5 nitrogen and oxygen atoms in total. The molecular weight excluding hydrogens is 215 g/mol. The highest BCUT2D eigenvalue weighted by molar-refractivity contribution is 7.32. The Bertz CT molecular complexity index is 509. The first-order valence-electron chi connectivity index (χ1n) is 4.39. The lowest BCUT2D eigenvalue weighted by molar-refractivity contribution is 0.273. The van der Waals surface area contributed by atoms with Crippen molar-refractivity contribution in [2.24, 2.45) is 0 Å². The summed E-state index contributed by atoms with van der Waals surface area (Å²) >= 11 is 0. The summed E-state index contributed by atoms with van der Waals surface area (Å²) in [6, 6.07) is 3.66. The van der Waals surface area contributed by atoms with E-state index in [-0.39, 0.29) is 6.61 Å². The van der Waals surface area contributed by atoms with E-state index in [9.17, 15) is 4.57 Å². The topological polar surface area (TPSA) is 63.8 Å². The molecule has 1 N–H and O–H groups in total. The molecule has 0 amide bonds. The third-order valence-corrected chi connectivity index (χ3v) is 2.36. The minimum Gasteiger partial charge on any atom is -0.307 e. The molecular formula is C9H10N2O3P+. The molecule has 15 heavy (non-hydrogen) atoms. The average molecular weight is 225 g/mol. The van der Waals surface area contributed by atoms with Gasteiger partial charge in [0.25, 0.3) is 0 Å². The largest absolute Gasteiger partial charge is 0.695 e. The van der Waals surface area contributed by atoms with Crippen LogP contribution in [0.2, 0.25) is 0 Å². The van der Waals surface area contributed by atoms with E-state index in [0.29, 0.717) is 0 Å². The van der Waals surface area contributed by atoms with Crippen molar-refractivity contribution in [3.05, 3.63) is 35.8 Å². The zero-order valence-electron chi connectivity index (χ0n) is 8.12. The lowest BCUT2D eigenvalue weighted by atomic mass is 10.3. The fourth-order valence-electron chi connectivity index (χ4n) is 1.43. The molecule has 0 saturated carbocycles. The standard InChI is InChI=1S/C9H9N2O3P/c1-7-5-11-4-2-3-8(9(11)10-7)6-14-15(12)13/h2-5H,6H2,1H3/p+1. The van der Waals surface area contributed by atoms with Crippen molar-refractivity contribution in [1.29, 1.82) is 0 Å². The van der Waals surface area contributed by atoms with Crippen molar-refractivity contribution < 1.29 is 14.0 Å². The summed E-state index contributed by atoms with van der Waals surface area (Å²) in [5, 5.41) is 0. The van der Waals surface area contributed by atoms with Crippen molar-refractivity contribution in [3.63, 3.8) is 0 Å². The SMILES string of the molecule is Cc1cn2cccc(CO[P+](=O)O)c2n1. The molecule has 0 spiro atoms. The highest BCUT2D eigenvalue weighted by Crippen LogP contribution is 2.20. The van der Waals surface area contributed by atoms with Crippen molar-refractivity contribution in [1.82, 2.24) is 9.38 Å². The summed E-state index contributed by atoms with van der Waals surface area (Å²) in [7, 11) is -2.56. The summed E-state index contributed by atoms with van der Waals surface area (Å²) in [4.78, 5) is 12.8. The van der Waals surface area contributed by atoms with Crippen molar-refractivity contribution in [2.45, 2.75) is 13.5 Å². The van der Waals surface area contributed by atoms with Crippen LogP contribution >= 0.6 is 8.25 Å². The zero-order chi connectivity index (χ0) is 10.8. The van der Waals surface area contributed by atoms with Gasteiger partial charge in [0.1, 0.15) is 12.3 Å². The first-order valence-corrected chi connectivity index (χ1v) is 5.52. The van der Waals surface area contributed by atoms with Gasteiger partial charge < -0.3 is 4.40 Å². The van der Waals surface area contributed by atoms with Gasteiger partial charge in [0.05, 0.1) is 5.69 Å². The van der Waals surface area contributed by atoms with Crippen molar-refractivity contribution in [2.75, 3.05) is 0 Å². The number of hydrogen-bond donors (Lipinski definition) is 1. The van der Waals surface area contributed by atoms with Crippen LogP contribution in [0.25, 0.3) is 5.65 Å². The quantitative estimate of drug-likeness (QED) is 0.809. The van der Waals surface area contributed by atoms with Gasteiger partial charge in [-0.1, -0.05) is 6.07 Å². The predicted molar refractivity (Wildman–Crippen MR) is 54.5 cm³/mol. The van der Waals surface area contributed by atoms with Crippen LogP contribution in [0.4, 0.5) is 0 Å². The maximum atomic E-state index is 10.4. The highest BCUT2D eigenvalue weighted by atomic mass is 31.1. The molecule has 2 heterocycles. The molecule has 2 rings (SSSR count). The number of aromatic nitrogens is 2. The molecule has 1 atom stereocenters. The van der Waals surface area contributed by atoms with Gasteiger partial charge in [0.15, 0.2) is 0 Å². The molecule has 0 aliphatic rings. The summed E-state index contributed by atoms with van der Waals surface area (Å²) < 4.78 is 16.9. The normalized spacial score (nSPS) is 12.0. The van der Waals surface area contributed by atoms with E-state index < -0.39 is 8.25 Å². The number of nitrogens with zero attached hydrogens (tertiary/aromatic N) is 2. The molecule has 78 valence electrons. The monoisotopic (exact) mass is 225 g/mol. The van der Waals surface area contributed by atoms with E-state index >= 15 is 0 Å². The second-order valence-corrected chi connectivity index (χ2v) is 3.89. The van der Waals surface area contributed by atoms with Crippen LogP contribution in [-0.4, -0.2) is 14.3 Å². The maximum absolute atomic E-state index is 10.4. The number of aryl methyl sites for hydroxylation is 1. The van der Waals surface area contributed by atoms with E-state index in [2.05, 4.69) is 9.51 Å². The molecule has 0 aliphatic heterocycles. The molecule has 0 radical (unpaired) electrons. The van der Waals surface area contributed by atoms with Gasteiger partial charge in [-0.05, 0) is 13.0 Å². The Morgan fingerprint density at radius 3 is 3.20 bits per heavy atom. The number of fused-ring (bicyclic) bond motifs is 1. The average Bonchev–Trinajstić information content (AvgIpc) is 2.55. The first kappa shape index (κ1) is 10.2. The molecule has 0 saturated heterocycles. The lowest BCUT2D eigenvalue weighted by Crippen LogP contribution is -1.92. The molecule has 0 fully saturated rings. The van der Waals surface area contributed by atoms with Crippen LogP contribution in [0, 0.1) is 6.92 Å². The fourth-order valence-corrected chi connectivity index (χ4v) is 1.68. The number of rotatable bonds is 3. The van der Waals surface area contributed by atoms with Gasteiger partial charge in [-0.15, -0.1) is 9.42 Å². The van der Waals surface area contributed by atoms with Gasteiger partial charge in [-0.3, -0.25) is 0 Å². The van der Waals surface area contributed by atoms with Gasteiger partial charge in [-0.2, -0.15) is 0 Å². The van der Waals surface area contributed by atoms with Gasteiger partial charge in [0, 0.05) is 22.5 Å². The Morgan fingerprint density at radius 1 is 1.67 bits per heavy atom. The number of pyridine rings is 1. The fraction of sp³-hybridized carbons (Fsp3) is 0.222. The molecule has 0 aromatic carbocycles. The second kappa shape index (κ2) is 4.06. The Labute approximate surface area is 87.3 Å².